The number of methoxy groups -OCH3 is 1. The van der Waals surface area contributed by atoms with Gasteiger partial charge in [0, 0.05) is 25.2 Å². The van der Waals surface area contributed by atoms with Gasteiger partial charge in [-0.2, -0.15) is 0 Å². The van der Waals surface area contributed by atoms with Crippen molar-refractivity contribution < 1.29 is 19.0 Å². The SMILES string of the molecule is CCCCCc1cc(OC)c(CC=C(C)CCC=C(C)C)c(OC(=O)CCN2CCOCC2)c1. The van der Waals surface area contributed by atoms with Crippen LogP contribution in [-0.2, 0) is 22.4 Å². The second-order valence-electron chi connectivity index (χ2n) is 9.48. The molecule has 190 valence electrons. The predicted molar refractivity (Wildman–Crippen MR) is 140 cm³/mol. The van der Waals surface area contributed by atoms with Crippen molar-refractivity contribution in [3.63, 3.8) is 0 Å². The van der Waals surface area contributed by atoms with E-state index in [1.165, 1.54) is 24.0 Å². The monoisotopic (exact) mass is 471 g/mol. The number of esters is 1. The van der Waals surface area contributed by atoms with Crippen LogP contribution in [0, 0.1) is 0 Å². The summed E-state index contributed by atoms with van der Waals surface area (Å²) in [7, 11) is 1.70. The minimum Gasteiger partial charge on any atom is -0.496 e. The van der Waals surface area contributed by atoms with Crippen LogP contribution in [0.4, 0.5) is 0 Å². The number of morpholine rings is 1. The Bertz CT molecular complexity index is 818. The van der Waals surface area contributed by atoms with Gasteiger partial charge < -0.3 is 14.2 Å². The number of hydrogen-bond acceptors (Lipinski definition) is 5. The largest absolute Gasteiger partial charge is 0.496 e. The zero-order valence-corrected chi connectivity index (χ0v) is 22.1. The van der Waals surface area contributed by atoms with E-state index < -0.39 is 0 Å². The van der Waals surface area contributed by atoms with Crippen LogP contribution < -0.4 is 9.47 Å². The van der Waals surface area contributed by atoms with Crippen LogP contribution >= 0.6 is 0 Å². The first-order valence-electron chi connectivity index (χ1n) is 12.9. The zero-order valence-electron chi connectivity index (χ0n) is 22.1. The maximum absolute atomic E-state index is 12.8. The first-order chi connectivity index (χ1) is 16.4. The summed E-state index contributed by atoms with van der Waals surface area (Å²) in [5, 5.41) is 0. The lowest BCUT2D eigenvalue weighted by atomic mass is 10.00. The number of hydrogen-bond donors (Lipinski definition) is 0. The van der Waals surface area contributed by atoms with Crippen LogP contribution in [0.5, 0.6) is 11.5 Å². The number of unbranched alkanes of at least 4 members (excludes halogenated alkanes) is 2. The van der Waals surface area contributed by atoms with Crippen LogP contribution in [0.15, 0.2) is 35.4 Å². The van der Waals surface area contributed by atoms with E-state index in [4.69, 9.17) is 14.2 Å². The van der Waals surface area contributed by atoms with Gasteiger partial charge in [-0.05, 0) is 70.6 Å². The Hall–Kier alpha value is -2.11. The number of ether oxygens (including phenoxy) is 3. The summed E-state index contributed by atoms with van der Waals surface area (Å²) < 4.78 is 17.1. The first-order valence-corrected chi connectivity index (χ1v) is 12.9. The molecule has 0 spiro atoms. The molecule has 0 N–H and O–H groups in total. The number of benzene rings is 1. The summed E-state index contributed by atoms with van der Waals surface area (Å²) >= 11 is 0. The predicted octanol–water partition coefficient (Wildman–Crippen LogP) is 6.29. The van der Waals surface area contributed by atoms with Crippen LogP contribution in [-0.4, -0.2) is 50.8 Å². The molecule has 1 aliphatic rings. The third kappa shape index (κ3) is 10.4. The average molecular weight is 472 g/mol. The molecule has 0 aromatic heterocycles. The summed E-state index contributed by atoms with van der Waals surface area (Å²) in [5.41, 5.74) is 4.79. The van der Waals surface area contributed by atoms with Crippen molar-refractivity contribution in [2.24, 2.45) is 0 Å². The molecule has 0 saturated carbocycles. The van der Waals surface area contributed by atoms with Gasteiger partial charge in [0.2, 0.25) is 0 Å². The Kier molecular flexibility index (Phi) is 13.0. The highest BCUT2D eigenvalue weighted by atomic mass is 16.5. The Morgan fingerprint density at radius 1 is 1.06 bits per heavy atom. The summed E-state index contributed by atoms with van der Waals surface area (Å²) in [6.45, 7) is 12.5. The molecule has 1 aliphatic heterocycles. The van der Waals surface area contributed by atoms with Crippen LogP contribution in [0.25, 0.3) is 0 Å². The van der Waals surface area contributed by atoms with E-state index in [2.05, 4.69) is 50.8 Å². The van der Waals surface area contributed by atoms with Crippen molar-refractivity contribution in [2.45, 2.75) is 79.1 Å². The third-order valence-electron chi connectivity index (χ3n) is 6.22. The van der Waals surface area contributed by atoms with Crippen LogP contribution in [0.2, 0.25) is 0 Å². The molecule has 0 aliphatic carbocycles. The first kappa shape index (κ1) is 28.1. The molecule has 1 aromatic rings. The van der Waals surface area contributed by atoms with E-state index >= 15 is 0 Å². The normalized spacial score (nSPS) is 14.7. The Morgan fingerprint density at radius 2 is 1.79 bits per heavy atom. The van der Waals surface area contributed by atoms with Gasteiger partial charge in [0.15, 0.2) is 0 Å². The number of rotatable bonds is 14. The molecule has 5 nitrogen and oxygen atoms in total. The zero-order chi connectivity index (χ0) is 24.8. The van der Waals surface area contributed by atoms with Crippen molar-refractivity contribution in [2.75, 3.05) is 40.0 Å². The minimum atomic E-state index is -0.190. The van der Waals surface area contributed by atoms with Crippen molar-refractivity contribution >= 4 is 5.97 Å². The van der Waals surface area contributed by atoms with Crippen molar-refractivity contribution in [3.05, 3.63) is 46.6 Å². The second kappa shape index (κ2) is 15.7. The Balaban J connectivity index is 2.16. The molecule has 0 radical (unpaired) electrons. The van der Waals surface area contributed by atoms with Gasteiger partial charge in [0.25, 0.3) is 0 Å². The fraction of sp³-hybridized carbons (Fsp3) is 0.621. The molecule has 0 unspecified atom stereocenters. The lowest BCUT2D eigenvalue weighted by Gasteiger charge is -2.26. The van der Waals surface area contributed by atoms with Gasteiger partial charge in [-0.25, -0.2) is 0 Å². The average Bonchev–Trinajstić information content (AvgIpc) is 2.82. The van der Waals surface area contributed by atoms with E-state index in [9.17, 15) is 4.79 Å². The molecule has 1 fully saturated rings. The van der Waals surface area contributed by atoms with Crippen molar-refractivity contribution in [1.29, 1.82) is 0 Å². The fourth-order valence-corrected chi connectivity index (χ4v) is 4.09. The molecule has 0 amide bonds. The quantitative estimate of drug-likeness (QED) is 0.138. The molecule has 1 heterocycles. The summed E-state index contributed by atoms with van der Waals surface area (Å²) in [4.78, 5) is 15.0. The van der Waals surface area contributed by atoms with Gasteiger partial charge in [0.05, 0.1) is 26.7 Å². The fourth-order valence-electron chi connectivity index (χ4n) is 4.09. The molecule has 34 heavy (non-hydrogen) atoms. The highest BCUT2D eigenvalue weighted by molar-refractivity contribution is 5.73. The highest BCUT2D eigenvalue weighted by Crippen LogP contribution is 2.33. The summed E-state index contributed by atoms with van der Waals surface area (Å²) in [6.07, 6.45) is 12.1. The smallest absolute Gasteiger partial charge is 0.312 e. The molecule has 0 atom stereocenters. The number of nitrogens with zero attached hydrogens (tertiary/aromatic N) is 1. The van der Waals surface area contributed by atoms with Crippen molar-refractivity contribution in [3.8, 4) is 11.5 Å². The van der Waals surface area contributed by atoms with E-state index in [0.29, 0.717) is 25.1 Å². The van der Waals surface area contributed by atoms with E-state index in [0.717, 1.165) is 68.9 Å². The molecule has 1 saturated heterocycles. The van der Waals surface area contributed by atoms with E-state index in [1.54, 1.807) is 7.11 Å². The van der Waals surface area contributed by atoms with Gasteiger partial charge in [0.1, 0.15) is 11.5 Å². The van der Waals surface area contributed by atoms with Crippen molar-refractivity contribution in [1.82, 2.24) is 4.90 Å². The molecular weight excluding hydrogens is 426 g/mol. The van der Waals surface area contributed by atoms with Gasteiger partial charge in [-0.15, -0.1) is 0 Å². The number of allylic oxidation sites excluding steroid dienone is 4. The molecule has 5 heteroatoms. The number of aryl methyl sites for hydroxylation is 1. The molecule has 2 rings (SSSR count). The summed E-state index contributed by atoms with van der Waals surface area (Å²) in [6, 6.07) is 4.16. The lowest BCUT2D eigenvalue weighted by Crippen LogP contribution is -2.37. The minimum absolute atomic E-state index is 0.190. The maximum atomic E-state index is 12.8. The second-order valence-corrected chi connectivity index (χ2v) is 9.48. The van der Waals surface area contributed by atoms with E-state index in [-0.39, 0.29) is 5.97 Å². The van der Waals surface area contributed by atoms with Gasteiger partial charge in [-0.1, -0.05) is 43.1 Å². The third-order valence-corrected chi connectivity index (χ3v) is 6.22. The highest BCUT2D eigenvalue weighted by Gasteiger charge is 2.17. The van der Waals surface area contributed by atoms with Crippen LogP contribution in [0.3, 0.4) is 0 Å². The Labute approximate surface area is 207 Å². The van der Waals surface area contributed by atoms with Gasteiger partial charge >= 0.3 is 5.97 Å². The maximum Gasteiger partial charge on any atom is 0.312 e. The molecular formula is C29H45NO4. The Morgan fingerprint density at radius 3 is 2.47 bits per heavy atom. The molecule has 0 bridgehead atoms. The topological polar surface area (TPSA) is 48.0 Å². The summed E-state index contributed by atoms with van der Waals surface area (Å²) in [5.74, 6) is 1.26. The van der Waals surface area contributed by atoms with Crippen LogP contribution in [0.1, 0.15) is 77.3 Å². The number of carbonyl (C=O) groups excluding carboxylic acids is 1. The van der Waals surface area contributed by atoms with E-state index in [1.807, 2.05) is 6.07 Å². The molecule has 1 aromatic carbocycles. The standard InChI is InChI=1S/C29H45NO4/c1-6-7-8-12-25-21-27(32-5)26(14-13-24(4)11-9-10-23(2)3)28(22-25)34-29(31)15-16-30-17-19-33-20-18-30/h10,13,21-22H,6-9,11-12,14-20H2,1-5H3. The van der Waals surface area contributed by atoms with Gasteiger partial charge in [-0.3, -0.25) is 9.69 Å². The lowest BCUT2D eigenvalue weighted by molar-refractivity contribution is -0.135. The number of carbonyl (C=O) groups is 1.